The van der Waals surface area contributed by atoms with Crippen LogP contribution in [-0.4, -0.2) is 47.2 Å². The molecule has 5 nitrogen and oxygen atoms in total. The lowest BCUT2D eigenvalue weighted by atomic mass is 10.0. The van der Waals surface area contributed by atoms with E-state index in [2.05, 4.69) is 4.98 Å². The second-order valence-corrected chi connectivity index (χ2v) is 7.00. The normalized spacial score (nSPS) is 26.2. The molecule has 0 saturated carbocycles. The van der Waals surface area contributed by atoms with Crippen LogP contribution in [0.3, 0.4) is 0 Å². The van der Waals surface area contributed by atoms with Gasteiger partial charge in [0.05, 0.1) is 19.0 Å². The van der Waals surface area contributed by atoms with Crippen molar-refractivity contribution in [2.75, 3.05) is 13.2 Å². The first-order valence-electron chi connectivity index (χ1n) is 8.31. The van der Waals surface area contributed by atoms with Crippen molar-refractivity contribution < 1.29 is 14.3 Å². The number of ether oxygens (including phenoxy) is 2. The average Bonchev–Trinajstić information content (AvgIpc) is 3.24. The summed E-state index contributed by atoms with van der Waals surface area (Å²) in [6.07, 6.45) is 3.90. The van der Waals surface area contributed by atoms with Gasteiger partial charge in [0.1, 0.15) is 12.2 Å². The predicted molar refractivity (Wildman–Crippen MR) is 91.2 cm³/mol. The highest BCUT2D eigenvalue weighted by Gasteiger charge is 2.47. The average molecular weight is 344 g/mol. The Morgan fingerprint density at radius 1 is 1.42 bits per heavy atom. The maximum Gasteiger partial charge on any atom is 0.227 e. The number of carbonyl (C=O) groups is 1. The van der Waals surface area contributed by atoms with Crippen LogP contribution in [0.4, 0.5) is 0 Å². The highest BCUT2D eigenvalue weighted by atomic mass is 32.1. The van der Waals surface area contributed by atoms with Crippen LogP contribution in [0.25, 0.3) is 0 Å². The molecule has 0 aromatic carbocycles. The summed E-state index contributed by atoms with van der Waals surface area (Å²) in [5.41, 5.74) is 1.08. The first kappa shape index (κ1) is 15.6. The van der Waals surface area contributed by atoms with Crippen molar-refractivity contribution in [3.05, 3.63) is 46.8 Å². The monoisotopic (exact) mass is 344 g/mol. The van der Waals surface area contributed by atoms with Crippen LogP contribution in [0, 0.1) is 0 Å². The van der Waals surface area contributed by atoms with Gasteiger partial charge in [0.2, 0.25) is 11.8 Å². The van der Waals surface area contributed by atoms with Gasteiger partial charge in [-0.15, -0.1) is 0 Å². The van der Waals surface area contributed by atoms with E-state index in [-0.39, 0.29) is 24.2 Å². The number of hydrogen-bond donors (Lipinski definition) is 0. The van der Waals surface area contributed by atoms with Gasteiger partial charge in [-0.05, 0) is 41.3 Å². The summed E-state index contributed by atoms with van der Waals surface area (Å²) in [5, 5.41) is 4.04. The highest BCUT2D eigenvalue weighted by Crippen LogP contribution is 2.31. The number of fused-ring (bicyclic) bond motifs is 1. The molecule has 24 heavy (non-hydrogen) atoms. The molecule has 0 N–H and O–H groups in total. The molecule has 0 aliphatic carbocycles. The van der Waals surface area contributed by atoms with Crippen LogP contribution in [0.1, 0.15) is 18.4 Å². The van der Waals surface area contributed by atoms with Crippen LogP contribution in [0.15, 0.2) is 41.2 Å². The van der Waals surface area contributed by atoms with Crippen molar-refractivity contribution >= 4 is 17.2 Å². The van der Waals surface area contributed by atoms with Gasteiger partial charge >= 0.3 is 0 Å². The molecule has 2 saturated heterocycles. The van der Waals surface area contributed by atoms with Crippen molar-refractivity contribution in [2.24, 2.45) is 0 Å². The van der Waals surface area contributed by atoms with Crippen LogP contribution in [-0.2, 0) is 16.0 Å². The Morgan fingerprint density at radius 3 is 3.17 bits per heavy atom. The topological polar surface area (TPSA) is 51.7 Å². The Labute approximate surface area is 145 Å². The summed E-state index contributed by atoms with van der Waals surface area (Å²) in [7, 11) is 0. The Hall–Kier alpha value is -1.92. The quantitative estimate of drug-likeness (QED) is 0.855. The van der Waals surface area contributed by atoms with Gasteiger partial charge in [-0.2, -0.15) is 11.3 Å². The Bertz CT molecular complexity index is 677. The Morgan fingerprint density at radius 2 is 2.38 bits per heavy atom. The molecular formula is C18H20N2O3S. The van der Waals surface area contributed by atoms with E-state index in [0.717, 1.165) is 25.0 Å². The van der Waals surface area contributed by atoms with Crippen LogP contribution in [0.2, 0.25) is 0 Å². The number of amides is 1. The smallest absolute Gasteiger partial charge is 0.227 e. The van der Waals surface area contributed by atoms with E-state index in [9.17, 15) is 4.79 Å². The molecule has 2 fully saturated rings. The molecule has 126 valence electrons. The lowest BCUT2D eigenvalue weighted by molar-refractivity contribution is -0.134. The number of thiophene rings is 1. The first-order valence-corrected chi connectivity index (χ1v) is 9.25. The van der Waals surface area contributed by atoms with E-state index in [1.54, 1.807) is 17.5 Å². The van der Waals surface area contributed by atoms with Crippen molar-refractivity contribution in [3.63, 3.8) is 0 Å². The fourth-order valence-corrected chi connectivity index (χ4v) is 4.21. The third-order valence-corrected chi connectivity index (χ3v) is 5.37. The zero-order valence-corrected chi connectivity index (χ0v) is 14.2. The lowest BCUT2D eigenvalue weighted by Gasteiger charge is -2.32. The molecular weight excluding hydrogens is 324 g/mol. The number of nitrogens with zero attached hydrogens (tertiary/aromatic N) is 2. The third-order valence-electron chi connectivity index (χ3n) is 4.64. The summed E-state index contributed by atoms with van der Waals surface area (Å²) in [4.78, 5) is 19.0. The van der Waals surface area contributed by atoms with Gasteiger partial charge in [0.15, 0.2) is 0 Å². The summed E-state index contributed by atoms with van der Waals surface area (Å²) >= 11 is 1.62. The van der Waals surface area contributed by atoms with E-state index in [1.165, 1.54) is 0 Å². The van der Waals surface area contributed by atoms with Crippen LogP contribution in [0.5, 0.6) is 5.88 Å². The maximum absolute atomic E-state index is 12.8. The van der Waals surface area contributed by atoms with E-state index in [0.29, 0.717) is 18.8 Å². The summed E-state index contributed by atoms with van der Waals surface area (Å²) in [6.45, 7) is 1.30. The molecule has 2 aliphatic heterocycles. The minimum atomic E-state index is -0.156. The molecule has 2 aromatic rings. The molecule has 0 spiro atoms. The van der Waals surface area contributed by atoms with E-state index in [4.69, 9.17) is 9.47 Å². The molecule has 0 unspecified atom stereocenters. The standard InChI is InChI=1S/C18H20N2O3S/c21-17(10-13-6-9-24-12-13)20-11-15(18-14(20)4-3-8-22-18)23-16-5-1-2-7-19-16/h1-2,5-7,9,12,14-15,18H,3-4,8,10-11H2/t14-,15-,18+/m1/s1. The largest absolute Gasteiger partial charge is 0.470 e. The highest BCUT2D eigenvalue weighted by molar-refractivity contribution is 7.08. The molecule has 0 bridgehead atoms. The zero-order chi connectivity index (χ0) is 16.4. The third kappa shape index (κ3) is 3.16. The van der Waals surface area contributed by atoms with Gasteiger partial charge in [0.25, 0.3) is 0 Å². The number of rotatable bonds is 4. The van der Waals surface area contributed by atoms with E-state index < -0.39 is 0 Å². The van der Waals surface area contributed by atoms with Gasteiger partial charge in [-0.3, -0.25) is 4.79 Å². The molecule has 2 aromatic heterocycles. The minimum Gasteiger partial charge on any atom is -0.470 e. The summed E-state index contributed by atoms with van der Waals surface area (Å²) in [5.74, 6) is 0.739. The number of likely N-dealkylation sites (tertiary alicyclic amines) is 1. The Balaban J connectivity index is 1.49. The molecule has 4 heterocycles. The van der Waals surface area contributed by atoms with Crippen molar-refractivity contribution in [1.82, 2.24) is 9.88 Å². The van der Waals surface area contributed by atoms with E-state index in [1.807, 2.05) is 39.9 Å². The Kier molecular flexibility index (Phi) is 4.49. The molecule has 1 amide bonds. The summed E-state index contributed by atoms with van der Waals surface area (Å²) in [6, 6.07) is 7.72. The second kappa shape index (κ2) is 6.91. The van der Waals surface area contributed by atoms with Crippen molar-refractivity contribution in [3.8, 4) is 5.88 Å². The van der Waals surface area contributed by atoms with Gasteiger partial charge < -0.3 is 14.4 Å². The summed E-state index contributed by atoms with van der Waals surface area (Å²) < 4.78 is 12.0. The molecule has 0 radical (unpaired) electrons. The minimum absolute atomic E-state index is 0.0628. The van der Waals surface area contributed by atoms with Gasteiger partial charge in [0, 0.05) is 18.9 Å². The van der Waals surface area contributed by atoms with Gasteiger partial charge in [-0.25, -0.2) is 4.98 Å². The number of carbonyl (C=O) groups excluding carboxylic acids is 1. The fraction of sp³-hybridized carbons (Fsp3) is 0.444. The predicted octanol–water partition coefficient (Wildman–Crippen LogP) is 2.52. The van der Waals surface area contributed by atoms with Gasteiger partial charge in [-0.1, -0.05) is 6.07 Å². The zero-order valence-electron chi connectivity index (χ0n) is 13.3. The maximum atomic E-state index is 12.8. The fourth-order valence-electron chi connectivity index (χ4n) is 3.54. The molecule has 3 atom stereocenters. The number of pyridine rings is 1. The number of hydrogen-bond acceptors (Lipinski definition) is 5. The molecule has 6 heteroatoms. The lowest BCUT2D eigenvalue weighted by Crippen LogP contribution is -2.44. The second-order valence-electron chi connectivity index (χ2n) is 6.22. The molecule has 4 rings (SSSR count). The number of aromatic nitrogens is 1. The SMILES string of the molecule is O=C(Cc1ccsc1)N1C[C@@H](Oc2ccccn2)[C@H]2OCCC[C@H]21. The van der Waals surface area contributed by atoms with Crippen molar-refractivity contribution in [2.45, 2.75) is 37.5 Å². The van der Waals surface area contributed by atoms with Crippen LogP contribution < -0.4 is 4.74 Å². The van der Waals surface area contributed by atoms with Crippen LogP contribution >= 0.6 is 11.3 Å². The van der Waals surface area contributed by atoms with E-state index >= 15 is 0 Å². The van der Waals surface area contributed by atoms with Crippen molar-refractivity contribution in [1.29, 1.82) is 0 Å². The first-order chi connectivity index (χ1) is 11.8. The molecule has 2 aliphatic rings.